The molecule has 104 valence electrons. The average Bonchev–Trinajstić information content (AvgIpc) is 2.42. The van der Waals surface area contributed by atoms with Gasteiger partial charge in [0.2, 0.25) is 0 Å². The van der Waals surface area contributed by atoms with E-state index in [0.29, 0.717) is 6.04 Å². The van der Waals surface area contributed by atoms with E-state index in [1.165, 1.54) is 50.5 Å². The zero-order valence-corrected chi connectivity index (χ0v) is 12.1. The van der Waals surface area contributed by atoms with Gasteiger partial charge in [-0.2, -0.15) is 0 Å². The predicted octanol–water partition coefficient (Wildman–Crippen LogP) is 4.40. The lowest BCUT2D eigenvalue weighted by Gasteiger charge is -2.24. The van der Waals surface area contributed by atoms with Crippen LogP contribution < -0.4 is 5.32 Å². The predicted molar refractivity (Wildman–Crippen MR) is 81.1 cm³/mol. The molecule has 0 saturated carbocycles. The first-order valence-electron chi connectivity index (χ1n) is 7.74. The van der Waals surface area contributed by atoms with Crippen molar-refractivity contribution in [2.75, 3.05) is 6.54 Å². The normalized spacial score (nSPS) is 21.0. The molecule has 0 aromatic carbocycles. The van der Waals surface area contributed by atoms with Gasteiger partial charge in [0.25, 0.3) is 0 Å². The number of rotatable bonds is 5. The number of nitrogens with one attached hydrogen (secondary N) is 1. The molecule has 1 atom stereocenters. The van der Waals surface area contributed by atoms with E-state index in [1.54, 1.807) is 5.57 Å². The third kappa shape index (κ3) is 4.46. The van der Waals surface area contributed by atoms with Crippen molar-refractivity contribution < 1.29 is 0 Å². The zero-order chi connectivity index (χ0) is 13.3. The monoisotopic (exact) mass is 258 g/mol. The first-order valence-corrected chi connectivity index (χ1v) is 7.74. The summed E-state index contributed by atoms with van der Waals surface area (Å²) in [6, 6.07) is 4.68. The van der Waals surface area contributed by atoms with Crippen LogP contribution in [0, 0.1) is 0 Å². The highest BCUT2D eigenvalue weighted by molar-refractivity contribution is 5.26. The molecule has 2 rings (SSSR count). The molecule has 2 nitrogen and oxygen atoms in total. The van der Waals surface area contributed by atoms with Crippen molar-refractivity contribution in [3.63, 3.8) is 0 Å². The second-order valence-electron chi connectivity index (χ2n) is 5.40. The molecule has 1 aliphatic carbocycles. The highest BCUT2D eigenvalue weighted by atomic mass is 14.9. The fourth-order valence-electron chi connectivity index (χ4n) is 2.79. The lowest BCUT2D eigenvalue weighted by atomic mass is 9.91. The first-order chi connectivity index (χ1) is 9.42. The average molecular weight is 258 g/mol. The van der Waals surface area contributed by atoms with Crippen molar-refractivity contribution in [2.45, 2.75) is 57.9 Å². The maximum absolute atomic E-state index is 4.14. The van der Waals surface area contributed by atoms with Gasteiger partial charge in [0.15, 0.2) is 0 Å². The fourth-order valence-corrected chi connectivity index (χ4v) is 2.79. The third-order valence-corrected chi connectivity index (χ3v) is 3.83. The van der Waals surface area contributed by atoms with Crippen molar-refractivity contribution in [2.24, 2.45) is 0 Å². The number of allylic oxidation sites excluding steroid dienone is 1. The smallest absolute Gasteiger partial charge is 0.0537 e. The Morgan fingerprint density at radius 3 is 2.74 bits per heavy atom. The second kappa shape index (κ2) is 8.11. The Morgan fingerprint density at radius 2 is 1.95 bits per heavy atom. The first kappa shape index (κ1) is 14.3. The van der Waals surface area contributed by atoms with E-state index in [-0.39, 0.29) is 0 Å². The van der Waals surface area contributed by atoms with Crippen molar-refractivity contribution in [1.82, 2.24) is 10.3 Å². The van der Waals surface area contributed by atoms with Gasteiger partial charge in [-0.05, 0) is 56.3 Å². The van der Waals surface area contributed by atoms with E-state index in [0.717, 1.165) is 6.54 Å². The lowest BCUT2D eigenvalue weighted by Crippen LogP contribution is -2.24. The van der Waals surface area contributed by atoms with Crippen LogP contribution in [0.1, 0.15) is 63.5 Å². The molecular formula is C17H26N2. The molecule has 1 heterocycles. The van der Waals surface area contributed by atoms with Crippen molar-refractivity contribution in [3.05, 3.63) is 41.7 Å². The van der Waals surface area contributed by atoms with Gasteiger partial charge in [-0.15, -0.1) is 0 Å². The largest absolute Gasteiger partial charge is 0.307 e. The van der Waals surface area contributed by atoms with Gasteiger partial charge in [-0.3, -0.25) is 4.98 Å². The van der Waals surface area contributed by atoms with Crippen LogP contribution in [0.4, 0.5) is 0 Å². The van der Waals surface area contributed by atoms with E-state index in [4.69, 9.17) is 0 Å². The molecule has 0 aliphatic heterocycles. The Morgan fingerprint density at radius 1 is 1.16 bits per heavy atom. The van der Waals surface area contributed by atoms with Gasteiger partial charge in [0, 0.05) is 12.4 Å². The Balaban J connectivity index is 2.15. The lowest BCUT2D eigenvalue weighted by molar-refractivity contribution is 0.540. The quantitative estimate of drug-likeness (QED) is 0.792. The summed E-state index contributed by atoms with van der Waals surface area (Å²) in [6.45, 7) is 3.30. The number of hydrogen-bond donors (Lipinski definition) is 1. The van der Waals surface area contributed by atoms with Crippen LogP contribution >= 0.6 is 0 Å². The highest BCUT2D eigenvalue weighted by Crippen LogP contribution is 2.28. The summed E-state index contributed by atoms with van der Waals surface area (Å²) in [5.41, 5.74) is 2.94. The highest BCUT2D eigenvalue weighted by Gasteiger charge is 2.16. The molecule has 2 heteroatoms. The Bertz CT molecular complexity index is 384. The molecule has 0 amide bonds. The van der Waals surface area contributed by atoms with Crippen LogP contribution in [0.15, 0.2) is 36.2 Å². The van der Waals surface area contributed by atoms with E-state index in [2.05, 4.69) is 35.4 Å². The number of hydrogen-bond acceptors (Lipinski definition) is 2. The molecule has 1 N–H and O–H groups in total. The van der Waals surface area contributed by atoms with Crippen LogP contribution in [0.5, 0.6) is 0 Å². The van der Waals surface area contributed by atoms with E-state index in [9.17, 15) is 0 Å². The van der Waals surface area contributed by atoms with Crippen LogP contribution in [-0.2, 0) is 0 Å². The molecule has 0 saturated heterocycles. The molecule has 1 unspecified atom stereocenters. The van der Waals surface area contributed by atoms with Crippen molar-refractivity contribution in [3.8, 4) is 0 Å². The summed E-state index contributed by atoms with van der Waals surface area (Å²) in [7, 11) is 0. The molecule has 1 aliphatic rings. The van der Waals surface area contributed by atoms with Crippen molar-refractivity contribution >= 4 is 0 Å². The fraction of sp³-hybridized carbons (Fsp3) is 0.588. The zero-order valence-electron chi connectivity index (χ0n) is 12.1. The minimum Gasteiger partial charge on any atom is -0.307 e. The van der Waals surface area contributed by atoms with E-state index < -0.39 is 0 Å². The SMILES string of the molecule is CCCNC(/C1=C/CCCCCC1)c1ccncc1. The van der Waals surface area contributed by atoms with E-state index in [1.807, 2.05) is 12.4 Å². The standard InChI is InChI=1S/C17H26N2/c1-2-12-19-17(16-10-13-18-14-11-16)15-8-6-4-3-5-7-9-15/h8,10-11,13-14,17,19H,2-7,9,12H2,1H3/b15-8+. The van der Waals surface area contributed by atoms with Gasteiger partial charge < -0.3 is 5.32 Å². The molecule has 0 spiro atoms. The molecular weight excluding hydrogens is 232 g/mol. The van der Waals surface area contributed by atoms with Gasteiger partial charge in [-0.25, -0.2) is 0 Å². The van der Waals surface area contributed by atoms with Crippen molar-refractivity contribution in [1.29, 1.82) is 0 Å². The van der Waals surface area contributed by atoms with Crippen LogP contribution in [-0.4, -0.2) is 11.5 Å². The van der Waals surface area contributed by atoms with Gasteiger partial charge in [0.05, 0.1) is 6.04 Å². The summed E-state index contributed by atoms with van der Waals surface area (Å²) < 4.78 is 0. The van der Waals surface area contributed by atoms with Gasteiger partial charge in [0.1, 0.15) is 0 Å². The number of aromatic nitrogens is 1. The summed E-state index contributed by atoms with van der Waals surface area (Å²) in [4.78, 5) is 4.14. The summed E-state index contributed by atoms with van der Waals surface area (Å²) >= 11 is 0. The molecule has 19 heavy (non-hydrogen) atoms. The minimum absolute atomic E-state index is 0.390. The summed E-state index contributed by atoms with van der Waals surface area (Å²) in [5.74, 6) is 0. The third-order valence-electron chi connectivity index (χ3n) is 3.83. The number of nitrogens with zero attached hydrogens (tertiary/aromatic N) is 1. The molecule has 1 aromatic heterocycles. The van der Waals surface area contributed by atoms with E-state index >= 15 is 0 Å². The summed E-state index contributed by atoms with van der Waals surface area (Å²) in [5, 5.41) is 3.71. The Labute approximate surface area is 117 Å². The molecule has 0 radical (unpaired) electrons. The maximum Gasteiger partial charge on any atom is 0.0537 e. The van der Waals surface area contributed by atoms with Gasteiger partial charge >= 0.3 is 0 Å². The topological polar surface area (TPSA) is 24.9 Å². The Hall–Kier alpha value is -1.15. The number of pyridine rings is 1. The molecule has 1 aromatic rings. The van der Waals surface area contributed by atoms with Crippen LogP contribution in [0.2, 0.25) is 0 Å². The molecule has 0 bridgehead atoms. The maximum atomic E-state index is 4.14. The van der Waals surface area contributed by atoms with Crippen LogP contribution in [0.25, 0.3) is 0 Å². The summed E-state index contributed by atoms with van der Waals surface area (Å²) in [6.07, 6.45) is 15.4. The second-order valence-corrected chi connectivity index (χ2v) is 5.40. The molecule has 0 fully saturated rings. The minimum atomic E-state index is 0.390. The van der Waals surface area contributed by atoms with Crippen LogP contribution in [0.3, 0.4) is 0 Å². The Kier molecular flexibility index (Phi) is 6.09. The van der Waals surface area contributed by atoms with Gasteiger partial charge in [-0.1, -0.05) is 31.4 Å².